The molecule has 1 aromatic carbocycles. The van der Waals surface area contributed by atoms with E-state index < -0.39 is 16.6 Å². The zero-order valence-corrected chi connectivity index (χ0v) is 14.7. The number of nitrogens with one attached hydrogen (secondary N) is 1. The van der Waals surface area contributed by atoms with Gasteiger partial charge in [-0.05, 0) is 28.1 Å². The number of halogens is 2. The van der Waals surface area contributed by atoms with Gasteiger partial charge < -0.3 is 14.3 Å². The molecule has 0 aliphatic heterocycles. The SMILES string of the molecule is COc1cc(Br)cc(NS(=O)(=O)c2cc(CO)oc2Br)c1. The first-order valence-corrected chi connectivity index (χ1v) is 8.69. The summed E-state index contributed by atoms with van der Waals surface area (Å²) < 4.78 is 37.9. The predicted molar refractivity (Wildman–Crippen MR) is 83.8 cm³/mol. The van der Waals surface area contributed by atoms with Crippen molar-refractivity contribution in [1.29, 1.82) is 0 Å². The molecule has 0 amide bonds. The molecule has 0 aliphatic carbocycles. The lowest BCUT2D eigenvalue weighted by Gasteiger charge is -2.09. The number of sulfonamides is 1. The van der Waals surface area contributed by atoms with Crippen LogP contribution in [0, 0.1) is 0 Å². The van der Waals surface area contributed by atoms with Crippen molar-refractivity contribution >= 4 is 47.6 Å². The number of rotatable bonds is 5. The van der Waals surface area contributed by atoms with Gasteiger partial charge in [-0.2, -0.15) is 0 Å². The van der Waals surface area contributed by atoms with Crippen molar-refractivity contribution in [2.75, 3.05) is 11.8 Å². The number of methoxy groups -OCH3 is 1. The van der Waals surface area contributed by atoms with Gasteiger partial charge in [0.15, 0.2) is 4.67 Å². The summed E-state index contributed by atoms with van der Waals surface area (Å²) in [4.78, 5) is -0.0921. The molecule has 0 spiro atoms. The summed E-state index contributed by atoms with van der Waals surface area (Å²) in [6.45, 7) is -0.390. The second-order valence-corrected chi connectivity index (χ2v) is 7.28. The van der Waals surface area contributed by atoms with Crippen LogP contribution in [0.1, 0.15) is 5.76 Å². The fraction of sp³-hybridized carbons (Fsp3) is 0.167. The maximum Gasteiger partial charge on any atom is 0.266 e. The van der Waals surface area contributed by atoms with Gasteiger partial charge in [0.25, 0.3) is 10.0 Å². The van der Waals surface area contributed by atoms with Gasteiger partial charge >= 0.3 is 0 Å². The Morgan fingerprint density at radius 2 is 2.00 bits per heavy atom. The van der Waals surface area contributed by atoms with Gasteiger partial charge in [0, 0.05) is 16.6 Å². The van der Waals surface area contributed by atoms with Crippen LogP contribution in [-0.4, -0.2) is 20.6 Å². The van der Waals surface area contributed by atoms with Crippen LogP contribution in [0.2, 0.25) is 0 Å². The van der Waals surface area contributed by atoms with Gasteiger partial charge in [-0.3, -0.25) is 4.72 Å². The largest absolute Gasteiger partial charge is 0.497 e. The number of ether oxygens (including phenoxy) is 1. The van der Waals surface area contributed by atoms with Crippen LogP contribution in [0.3, 0.4) is 0 Å². The Hall–Kier alpha value is -1.03. The molecule has 0 atom stereocenters. The molecule has 0 saturated heterocycles. The van der Waals surface area contributed by atoms with Crippen LogP contribution in [0.15, 0.2) is 42.7 Å². The van der Waals surface area contributed by atoms with Crippen LogP contribution in [-0.2, 0) is 16.6 Å². The minimum absolute atomic E-state index is 0.0287. The van der Waals surface area contributed by atoms with E-state index in [1.165, 1.54) is 13.2 Å². The fourth-order valence-corrected chi connectivity index (χ4v) is 4.12. The summed E-state index contributed by atoms with van der Waals surface area (Å²) in [6.07, 6.45) is 0. The maximum atomic E-state index is 12.3. The monoisotopic (exact) mass is 439 g/mol. The van der Waals surface area contributed by atoms with E-state index in [0.717, 1.165) is 0 Å². The number of aliphatic hydroxyl groups excluding tert-OH is 1. The van der Waals surface area contributed by atoms with Gasteiger partial charge in [-0.25, -0.2) is 8.42 Å². The number of hydrogen-bond donors (Lipinski definition) is 2. The third-order valence-corrected chi connectivity index (χ3v) is 5.21. The molecule has 6 nitrogen and oxygen atoms in total. The van der Waals surface area contributed by atoms with Crippen LogP contribution >= 0.6 is 31.9 Å². The van der Waals surface area contributed by atoms with E-state index in [-0.39, 0.29) is 15.3 Å². The summed E-state index contributed by atoms with van der Waals surface area (Å²) in [5, 5.41) is 8.98. The first kappa shape index (κ1) is 16.3. The van der Waals surface area contributed by atoms with Gasteiger partial charge in [-0.15, -0.1) is 0 Å². The van der Waals surface area contributed by atoms with Crippen LogP contribution in [0.4, 0.5) is 5.69 Å². The lowest BCUT2D eigenvalue weighted by atomic mass is 10.3. The molecule has 0 bridgehead atoms. The smallest absolute Gasteiger partial charge is 0.266 e. The Balaban J connectivity index is 2.37. The Kier molecular flexibility index (Phi) is 4.97. The summed E-state index contributed by atoms with van der Waals surface area (Å²) in [7, 11) is -2.37. The average molecular weight is 441 g/mol. The highest BCUT2D eigenvalue weighted by Crippen LogP contribution is 2.30. The quantitative estimate of drug-likeness (QED) is 0.745. The van der Waals surface area contributed by atoms with Crippen LogP contribution < -0.4 is 9.46 Å². The van der Waals surface area contributed by atoms with E-state index in [1.54, 1.807) is 18.2 Å². The summed E-state index contributed by atoms with van der Waals surface area (Å²) in [6, 6.07) is 6.10. The first-order valence-electron chi connectivity index (χ1n) is 5.62. The average Bonchev–Trinajstić information content (AvgIpc) is 2.79. The van der Waals surface area contributed by atoms with Gasteiger partial charge in [0.1, 0.15) is 23.0 Å². The van der Waals surface area contributed by atoms with Gasteiger partial charge in [0.05, 0.1) is 12.8 Å². The van der Waals surface area contributed by atoms with Crippen molar-refractivity contribution < 1.29 is 22.7 Å². The Morgan fingerprint density at radius 3 is 2.57 bits per heavy atom. The molecule has 2 aromatic rings. The molecule has 1 aromatic heterocycles. The normalized spacial score (nSPS) is 11.4. The molecule has 0 aliphatic rings. The van der Waals surface area contributed by atoms with E-state index in [9.17, 15) is 8.42 Å². The maximum absolute atomic E-state index is 12.3. The predicted octanol–water partition coefficient (Wildman–Crippen LogP) is 3.11. The van der Waals surface area contributed by atoms with Crippen LogP contribution in [0.25, 0.3) is 0 Å². The van der Waals surface area contributed by atoms with E-state index in [4.69, 9.17) is 14.3 Å². The summed E-state index contributed by atoms with van der Waals surface area (Å²) in [5.41, 5.74) is 0.333. The van der Waals surface area contributed by atoms with E-state index in [2.05, 4.69) is 36.6 Å². The minimum Gasteiger partial charge on any atom is -0.497 e. The Labute approximate surface area is 138 Å². The van der Waals surface area contributed by atoms with Crippen molar-refractivity contribution in [3.63, 3.8) is 0 Å². The molecule has 21 heavy (non-hydrogen) atoms. The van der Waals surface area contributed by atoms with Crippen molar-refractivity contribution in [2.45, 2.75) is 11.5 Å². The number of hydrogen-bond acceptors (Lipinski definition) is 5. The van der Waals surface area contributed by atoms with E-state index in [1.807, 2.05) is 0 Å². The first-order chi connectivity index (χ1) is 9.85. The van der Waals surface area contributed by atoms with Crippen molar-refractivity contribution in [3.05, 3.63) is 39.2 Å². The van der Waals surface area contributed by atoms with Crippen molar-refractivity contribution in [2.24, 2.45) is 0 Å². The van der Waals surface area contributed by atoms with Gasteiger partial charge in [-0.1, -0.05) is 15.9 Å². The third-order valence-electron chi connectivity index (χ3n) is 2.51. The Morgan fingerprint density at radius 1 is 1.29 bits per heavy atom. The number of benzene rings is 1. The van der Waals surface area contributed by atoms with Crippen molar-refractivity contribution in [3.8, 4) is 5.75 Å². The molecule has 1 heterocycles. The summed E-state index contributed by atoms with van der Waals surface area (Å²) >= 11 is 6.29. The molecule has 2 N–H and O–H groups in total. The minimum atomic E-state index is -3.85. The second kappa shape index (κ2) is 6.39. The highest BCUT2D eigenvalue weighted by atomic mass is 79.9. The molecular weight excluding hydrogens is 430 g/mol. The number of aliphatic hydroxyl groups is 1. The molecule has 0 fully saturated rings. The highest BCUT2D eigenvalue weighted by molar-refractivity contribution is 9.10. The lowest BCUT2D eigenvalue weighted by molar-refractivity contribution is 0.245. The molecule has 0 unspecified atom stereocenters. The zero-order valence-electron chi connectivity index (χ0n) is 10.8. The molecule has 2 rings (SSSR count). The van der Waals surface area contributed by atoms with Crippen molar-refractivity contribution in [1.82, 2.24) is 0 Å². The van der Waals surface area contributed by atoms with Gasteiger partial charge in [0.2, 0.25) is 0 Å². The molecule has 0 radical (unpaired) electrons. The summed E-state index contributed by atoms with van der Waals surface area (Å²) in [5.74, 6) is 0.651. The van der Waals surface area contributed by atoms with E-state index >= 15 is 0 Å². The zero-order chi connectivity index (χ0) is 15.6. The Bertz CT molecular complexity index is 757. The third kappa shape index (κ3) is 3.79. The highest BCUT2D eigenvalue weighted by Gasteiger charge is 2.22. The number of anilines is 1. The second-order valence-electron chi connectivity index (χ2n) is 3.99. The molecule has 114 valence electrons. The molecule has 9 heteroatoms. The fourth-order valence-electron chi connectivity index (χ4n) is 1.61. The van der Waals surface area contributed by atoms with E-state index in [0.29, 0.717) is 15.9 Å². The number of furan rings is 1. The van der Waals surface area contributed by atoms with Crippen LogP contribution in [0.5, 0.6) is 5.75 Å². The topological polar surface area (TPSA) is 88.8 Å². The molecule has 0 saturated carbocycles. The lowest BCUT2D eigenvalue weighted by Crippen LogP contribution is -2.12. The standard InChI is InChI=1S/C12H11Br2NO5S/c1-19-9-3-7(13)2-8(4-9)15-21(17,18)11-5-10(6-16)20-12(11)14/h2-5,15-16H,6H2,1H3. The molecular formula is C12H11Br2NO5S.